The van der Waals surface area contributed by atoms with Gasteiger partial charge < -0.3 is 15.2 Å². The van der Waals surface area contributed by atoms with E-state index in [-0.39, 0.29) is 11.7 Å². The summed E-state index contributed by atoms with van der Waals surface area (Å²) in [4.78, 5) is 16.3. The number of amides is 2. The molecular weight excluding hydrogens is 374 g/mol. The van der Waals surface area contributed by atoms with Crippen molar-refractivity contribution in [2.24, 2.45) is 7.05 Å². The largest absolute Gasteiger partial charge is 0.333 e. The van der Waals surface area contributed by atoms with Crippen molar-refractivity contribution in [1.29, 1.82) is 0 Å². The molecule has 7 nitrogen and oxygen atoms in total. The van der Waals surface area contributed by atoms with Gasteiger partial charge in [-0.05, 0) is 22.4 Å². The Labute approximate surface area is 139 Å². The average Bonchev–Trinajstić information content (AvgIpc) is 3.03. The van der Waals surface area contributed by atoms with E-state index in [0.717, 1.165) is 23.3 Å². The van der Waals surface area contributed by atoms with Crippen LogP contribution in [-0.4, -0.2) is 31.4 Å². The van der Waals surface area contributed by atoms with Crippen molar-refractivity contribution in [3.8, 4) is 0 Å². The number of urea groups is 1. The number of fused-ring (bicyclic) bond motifs is 1. The number of carbonyl (C=O) groups is 1. The van der Waals surface area contributed by atoms with Gasteiger partial charge in [0.2, 0.25) is 0 Å². The summed E-state index contributed by atoms with van der Waals surface area (Å²) in [7, 11) is 1.52. The van der Waals surface area contributed by atoms with Gasteiger partial charge in [-0.1, -0.05) is 0 Å². The number of nitrogens with one attached hydrogen (secondary N) is 2. The minimum absolute atomic E-state index is 0.0142. The van der Waals surface area contributed by atoms with E-state index < -0.39 is 18.2 Å². The number of anilines is 1. The molecule has 0 radical (unpaired) electrons. The van der Waals surface area contributed by atoms with Crippen molar-refractivity contribution in [3.63, 3.8) is 0 Å². The van der Waals surface area contributed by atoms with Gasteiger partial charge in [-0.15, -0.1) is 0 Å². The number of halogens is 3. The van der Waals surface area contributed by atoms with Gasteiger partial charge in [-0.25, -0.2) is 18.6 Å². The predicted octanol–water partition coefficient (Wildman–Crippen LogP) is 2.45. The number of nitrogens with zero attached hydrogens (tertiary/aromatic N) is 4. The third-order valence-corrected chi connectivity index (χ3v) is 4.29. The van der Waals surface area contributed by atoms with Crippen molar-refractivity contribution in [2.75, 3.05) is 5.32 Å². The quantitative estimate of drug-likeness (QED) is 0.847. The highest BCUT2D eigenvalue weighted by molar-refractivity contribution is 9.10. The maximum absolute atomic E-state index is 12.9. The zero-order valence-corrected chi connectivity index (χ0v) is 13.8. The Kier molecular flexibility index (Phi) is 4.33. The number of hydrogen-bond donors (Lipinski definition) is 2. The molecule has 1 aliphatic heterocycles. The SMILES string of the molecule is Cn1cc(NC(=O)NC2CCc3ncc(Br)n3C2)c(C(F)F)n1. The van der Waals surface area contributed by atoms with Gasteiger partial charge in [0.15, 0.2) is 5.69 Å². The summed E-state index contributed by atoms with van der Waals surface area (Å²) in [5.74, 6) is 0.961. The van der Waals surface area contributed by atoms with Crippen LogP contribution in [0.15, 0.2) is 17.0 Å². The highest BCUT2D eigenvalue weighted by Gasteiger charge is 2.24. The zero-order chi connectivity index (χ0) is 16.6. The molecule has 1 unspecified atom stereocenters. The predicted molar refractivity (Wildman–Crippen MR) is 82.4 cm³/mol. The summed E-state index contributed by atoms with van der Waals surface area (Å²) in [6.07, 6.45) is 1.82. The Balaban J connectivity index is 1.63. The van der Waals surface area contributed by atoms with E-state index in [9.17, 15) is 13.6 Å². The maximum Gasteiger partial charge on any atom is 0.319 e. The van der Waals surface area contributed by atoms with Gasteiger partial charge in [0.25, 0.3) is 6.43 Å². The van der Waals surface area contributed by atoms with Crippen molar-refractivity contribution in [1.82, 2.24) is 24.6 Å². The number of aromatic nitrogens is 4. The van der Waals surface area contributed by atoms with E-state index in [2.05, 4.69) is 36.6 Å². The summed E-state index contributed by atoms with van der Waals surface area (Å²) in [5.41, 5.74) is -0.425. The molecular formula is C13H15BrF2N6O. The maximum atomic E-state index is 12.9. The Morgan fingerprint density at radius 2 is 2.30 bits per heavy atom. The summed E-state index contributed by atoms with van der Waals surface area (Å²) >= 11 is 3.41. The molecule has 10 heteroatoms. The Morgan fingerprint density at radius 1 is 1.52 bits per heavy atom. The number of carbonyl (C=O) groups excluding carboxylic acids is 1. The fraction of sp³-hybridized carbons (Fsp3) is 0.462. The summed E-state index contributed by atoms with van der Waals surface area (Å²) in [6.45, 7) is 0.581. The summed E-state index contributed by atoms with van der Waals surface area (Å²) in [6, 6.07) is -0.621. The van der Waals surface area contributed by atoms with E-state index in [1.807, 2.05) is 4.57 Å². The minimum atomic E-state index is -2.74. The first-order valence-electron chi connectivity index (χ1n) is 7.03. The number of imidazole rings is 1. The van der Waals surface area contributed by atoms with Gasteiger partial charge >= 0.3 is 6.03 Å². The molecule has 1 atom stereocenters. The Morgan fingerprint density at radius 3 is 3.04 bits per heavy atom. The lowest BCUT2D eigenvalue weighted by Gasteiger charge is -2.25. The third kappa shape index (κ3) is 3.36. The van der Waals surface area contributed by atoms with Crippen LogP contribution in [0, 0.1) is 0 Å². The molecule has 124 valence electrons. The van der Waals surface area contributed by atoms with E-state index in [1.165, 1.54) is 17.9 Å². The second-order valence-electron chi connectivity index (χ2n) is 5.34. The lowest BCUT2D eigenvalue weighted by atomic mass is 10.1. The molecule has 2 N–H and O–H groups in total. The molecule has 3 rings (SSSR count). The van der Waals surface area contributed by atoms with Gasteiger partial charge in [0, 0.05) is 32.3 Å². The van der Waals surface area contributed by atoms with Gasteiger partial charge in [-0.3, -0.25) is 4.68 Å². The first-order valence-corrected chi connectivity index (χ1v) is 7.82. The van der Waals surface area contributed by atoms with E-state index >= 15 is 0 Å². The molecule has 0 fully saturated rings. The van der Waals surface area contributed by atoms with Gasteiger partial charge in [-0.2, -0.15) is 5.10 Å². The molecule has 1 aliphatic rings. The van der Waals surface area contributed by atoms with Crippen LogP contribution >= 0.6 is 15.9 Å². The van der Waals surface area contributed by atoms with Crippen molar-refractivity contribution >= 4 is 27.6 Å². The fourth-order valence-corrected chi connectivity index (χ4v) is 3.07. The molecule has 2 aromatic rings. The monoisotopic (exact) mass is 388 g/mol. The highest BCUT2D eigenvalue weighted by Crippen LogP contribution is 2.25. The second kappa shape index (κ2) is 6.26. The minimum Gasteiger partial charge on any atom is -0.333 e. The molecule has 0 aromatic carbocycles. The van der Waals surface area contributed by atoms with Crippen LogP contribution in [-0.2, 0) is 20.0 Å². The first-order chi connectivity index (χ1) is 10.9. The number of aryl methyl sites for hydroxylation is 2. The molecule has 0 aliphatic carbocycles. The summed E-state index contributed by atoms with van der Waals surface area (Å²) in [5, 5.41) is 8.89. The molecule has 0 saturated heterocycles. The van der Waals surface area contributed by atoms with Crippen LogP contribution < -0.4 is 10.6 Å². The number of alkyl halides is 2. The Bertz CT molecular complexity index is 728. The topological polar surface area (TPSA) is 76.8 Å². The highest BCUT2D eigenvalue weighted by atomic mass is 79.9. The molecule has 3 heterocycles. The van der Waals surface area contributed by atoms with Crippen LogP contribution in [0.4, 0.5) is 19.3 Å². The van der Waals surface area contributed by atoms with Crippen LogP contribution in [0.5, 0.6) is 0 Å². The second-order valence-corrected chi connectivity index (χ2v) is 6.16. The third-order valence-electron chi connectivity index (χ3n) is 3.66. The van der Waals surface area contributed by atoms with E-state index in [1.54, 1.807) is 6.20 Å². The van der Waals surface area contributed by atoms with Crippen molar-refractivity contribution in [3.05, 3.63) is 28.5 Å². The lowest BCUT2D eigenvalue weighted by Crippen LogP contribution is -2.43. The van der Waals surface area contributed by atoms with E-state index in [4.69, 9.17) is 0 Å². The normalized spacial score (nSPS) is 17.2. The van der Waals surface area contributed by atoms with Gasteiger partial charge in [0.1, 0.15) is 10.4 Å². The lowest BCUT2D eigenvalue weighted by molar-refractivity contribution is 0.146. The van der Waals surface area contributed by atoms with Crippen LogP contribution in [0.3, 0.4) is 0 Å². The molecule has 0 spiro atoms. The zero-order valence-electron chi connectivity index (χ0n) is 12.3. The van der Waals surface area contributed by atoms with E-state index in [0.29, 0.717) is 6.54 Å². The molecule has 2 amide bonds. The first kappa shape index (κ1) is 15.9. The molecule has 23 heavy (non-hydrogen) atoms. The number of hydrogen-bond acceptors (Lipinski definition) is 3. The van der Waals surface area contributed by atoms with Gasteiger partial charge in [0.05, 0.1) is 11.9 Å². The molecule has 2 aromatic heterocycles. The van der Waals surface area contributed by atoms with Crippen LogP contribution in [0.1, 0.15) is 24.4 Å². The molecule has 0 bridgehead atoms. The molecule has 0 saturated carbocycles. The number of rotatable bonds is 3. The van der Waals surface area contributed by atoms with Crippen molar-refractivity contribution < 1.29 is 13.6 Å². The van der Waals surface area contributed by atoms with Crippen molar-refractivity contribution in [2.45, 2.75) is 31.9 Å². The smallest absolute Gasteiger partial charge is 0.319 e. The average molecular weight is 389 g/mol. The summed E-state index contributed by atoms with van der Waals surface area (Å²) < 4.78 is 29.8. The van der Waals surface area contributed by atoms with Crippen LogP contribution in [0.2, 0.25) is 0 Å². The Hall–Kier alpha value is -1.97. The van der Waals surface area contributed by atoms with Crippen LogP contribution in [0.25, 0.3) is 0 Å². The fourth-order valence-electron chi connectivity index (χ4n) is 2.62. The standard InChI is InChI=1S/C13H15BrF2N6O/c1-21-6-8(11(20-21)12(15)16)19-13(23)18-7-2-3-10-17-4-9(14)22(10)5-7/h4,6-7,12H,2-3,5H2,1H3,(H2,18,19,23).